The van der Waals surface area contributed by atoms with Crippen LogP contribution in [0.3, 0.4) is 0 Å². The Bertz CT molecular complexity index is 213. The highest BCUT2D eigenvalue weighted by atomic mass is 16.5. The summed E-state index contributed by atoms with van der Waals surface area (Å²) in [5.74, 6) is 0.424. The summed E-state index contributed by atoms with van der Waals surface area (Å²) in [6.45, 7) is 7.61. The van der Waals surface area contributed by atoms with Gasteiger partial charge in [-0.05, 0) is 33.6 Å². The minimum atomic E-state index is -0.132. The summed E-state index contributed by atoms with van der Waals surface area (Å²) in [4.78, 5) is 13.7. The van der Waals surface area contributed by atoms with Gasteiger partial charge in [-0.2, -0.15) is 0 Å². The van der Waals surface area contributed by atoms with E-state index >= 15 is 0 Å². The number of carbonyl (C=O) groups is 1. The van der Waals surface area contributed by atoms with Gasteiger partial charge in [0.15, 0.2) is 0 Å². The predicted octanol–water partition coefficient (Wildman–Crippen LogP) is 1.67. The number of amides is 1. The summed E-state index contributed by atoms with van der Waals surface area (Å²) < 4.78 is 5.59. The van der Waals surface area contributed by atoms with Crippen LogP contribution in [-0.4, -0.2) is 36.6 Å². The fourth-order valence-corrected chi connectivity index (χ4v) is 1.91. The maximum atomic E-state index is 11.9. The van der Waals surface area contributed by atoms with Gasteiger partial charge in [-0.25, -0.2) is 0 Å². The average molecular weight is 199 g/mol. The molecule has 0 spiro atoms. The molecule has 1 rings (SSSR count). The molecule has 0 aromatic carbocycles. The summed E-state index contributed by atoms with van der Waals surface area (Å²) in [7, 11) is 1.87. The summed E-state index contributed by atoms with van der Waals surface area (Å²) in [6.07, 6.45) is 1.71. The largest absolute Gasteiger partial charge is 0.376 e. The standard InChI is InChI=1S/C11H21NO2/c1-5-12(4)10(13)9-6-7-14-11(2,3)8-9/h9H,5-8H2,1-4H3. The topological polar surface area (TPSA) is 29.5 Å². The van der Waals surface area contributed by atoms with E-state index in [0.29, 0.717) is 6.61 Å². The SMILES string of the molecule is CCN(C)C(=O)C1CCOC(C)(C)C1. The van der Waals surface area contributed by atoms with Gasteiger partial charge < -0.3 is 9.64 Å². The van der Waals surface area contributed by atoms with Crippen molar-refractivity contribution in [1.29, 1.82) is 0 Å². The highest BCUT2D eigenvalue weighted by Crippen LogP contribution is 2.29. The third-order valence-electron chi connectivity index (χ3n) is 2.90. The molecule has 0 aromatic heterocycles. The molecular formula is C11H21NO2. The van der Waals surface area contributed by atoms with Crippen molar-refractivity contribution >= 4 is 5.91 Å². The van der Waals surface area contributed by atoms with E-state index in [4.69, 9.17) is 4.74 Å². The number of nitrogens with zero attached hydrogens (tertiary/aromatic N) is 1. The smallest absolute Gasteiger partial charge is 0.225 e. The number of hydrogen-bond donors (Lipinski definition) is 0. The Morgan fingerprint density at radius 3 is 2.71 bits per heavy atom. The van der Waals surface area contributed by atoms with Crippen molar-refractivity contribution in [1.82, 2.24) is 4.90 Å². The second-order valence-electron chi connectivity index (χ2n) is 4.65. The molecule has 1 aliphatic rings. The van der Waals surface area contributed by atoms with Crippen molar-refractivity contribution in [3.8, 4) is 0 Å². The molecule has 1 atom stereocenters. The molecule has 3 nitrogen and oxygen atoms in total. The van der Waals surface area contributed by atoms with E-state index in [0.717, 1.165) is 19.4 Å². The molecule has 1 saturated heterocycles. The molecule has 1 unspecified atom stereocenters. The molecule has 0 aromatic rings. The molecule has 82 valence electrons. The van der Waals surface area contributed by atoms with Crippen molar-refractivity contribution in [2.75, 3.05) is 20.2 Å². The first-order valence-corrected chi connectivity index (χ1v) is 5.35. The van der Waals surface area contributed by atoms with Crippen LogP contribution in [0.15, 0.2) is 0 Å². The maximum absolute atomic E-state index is 11.9. The molecule has 1 heterocycles. The average Bonchev–Trinajstić information content (AvgIpc) is 2.14. The van der Waals surface area contributed by atoms with Gasteiger partial charge in [0.2, 0.25) is 5.91 Å². The van der Waals surface area contributed by atoms with Crippen molar-refractivity contribution in [2.24, 2.45) is 5.92 Å². The van der Waals surface area contributed by atoms with Crippen LogP contribution in [0.1, 0.15) is 33.6 Å². The molecule has 0 aliphatic carbocycles. The fourth-order valence-electron chi connectivity index (χ4n) is 1.91. The lowest BCUT2D eigenvalue weighted by atomic mass is 9.87. The van der Waals surface area contributed by atoms with Gasteiger partial charge in [-0.3, -0.25) is 4.79 Å². The maximum Gasteiger partial charge on any atom is 0.225 e. The van der Waals surface area contributed by atoms with E-state index in [1.165, 1.54) is 0 Å². The molecule has 0 N–H and O–H groups in total. The molecule has 1 aliphatic heterocycles. The molecule has 0 saturated carbocycles. The van der Waals surface area contributed by atoms with Crippen LogP contribution >= 0.6 is 0 Å². The van der Waals surface area contributed by atoms with Crippen LogP contribution in [0.5, 0.6) is 0 Å². The Morgan fingerprint density at radius 2 is 2.21 bits per heavy atom. The van der Waals surface area contributed by atoms with Crippen molar-refractivity contribution < 1.29 is 9.53 Å². The van der Waals surface area contributed by atoms with Gasteiger partial charge in [-0.15, -0.1) is 0 Å². The van der Waals surface area contributed by atoms with Crippen LogP contribution in [0.2, 0.25) is 0 Å². The van der Waals surface area contributed by atoms with E-state index in [-0.39, 0.29) is 17.4 Å². The zero-order valence-corrected chi connectivity index (χ0v) is 9.67. The Kier molecular flexibility index (Phi) is 3.53. The van der Waals surface area contributed by atoms with Crippen LogP contribution in [0, 0.1) is 5.92 Å². The second kappa shape index (κ2) is 4.30. The molecule has 0 bridgehead atoms. The van der Waals surface area contributed by atoms with E-state index in [1.807, 2.05) is 14.0 Å². The minimum Gasteiger partial charge on any atom is -0.376 e. The molecule has 1 fully saturated rings. The van der Waals surface area contributed by atoms with Crippen LogP contribution in [0.25, 0.3) is 0 Å². The quantitative estimate of drug-likeness (QED) is 0.677. The number of rotatable bonds is 2. The predicted molar refractivity (Wildman–Crippen MR) is 56.1 cm³/mol. The molecule has 1 amide bonds. The Balaban J connectivity index is 2.56. The fraction of sp³-hybridized carbons (Fsp3) is 0.909. The zero-order valence-electron chi connectivity index (χ0n) is 9.67. The van der Waals surface area contributed by atoms with Gasteiger partial charge in [0, 0.05) is 26.1 Å². The lowest BCUT2D eigenvalue weighted by Crippen LogP contribution is -2.42. The lowest BCUT2D eigenvalue weighted by Gasteiger charge is -2.36. The van der Waals surface area contributed by atoms with E-state index < -0.39 is 0 Å². The van der Waals surface area contributed by atoms with E-state index in [1.54, 1.807) is 4.90 Å². The summed E-state index contributed by atoms with van der Waals surface area (Å²) in [5, 5.41) is 0. The van der Waals surface area contributed by atoms with Gasteiger partial charge in [0.05, 0.1) is 5.60 Å². The van der Waals surface area contributed by atoms with Gasteiger partial charge >= 0.3 is 0 Å². The Morgan fingerprint density at radius 1 is 1.57 bits per heavy atom. The van der Waals surface area contributed by atoms with Gasteiger partial charge in [0.25, 0.3) is 0 Å². The third-order valence-corrected chi connectivity index (χ3v) is 2.90. The van der Waals surface area contributed by atoms with Crippen LogP contribution in [-0.2, 0) is 9.53 Å². The first-order chi connectivity index (χ1) is 6.46. The lowest BCUT2D eigenvalue weighted by molar-refractivity contribution is -0.143. The first kappa shape index (κ1) is 11.5. The summed E-state index contributed by atoms with van der Waals surface area (Å²) in [5.41, 5.74) is -0.132. The number of ether oxygens (including phenoxy) is 1. The van der Waals surface area contributed by atoms with Gasteiger partial charge in [0.1, 0.15) is 0 Å². The summed E-state index contributed by atoms with van der Waals surface area (Å²) in [6, 6.07) is 0. The zero-order chi connectivity index (χ0) is 10.8. The molecule has 3 heteroatoms. The monoisotopic (exact) mass is 199 g/mol. The van der Waals surface area contributed by atoms with Crippen molar-refractivity contribution in [3.05, 3.63) is 0 Å². The summed E-state index contributed by atoms with van der Waals surface area (Å²) >= 11 is 0. The minimum absolute atomic E-state index is 0.132. The van der Waals surface area contributed by atoms with E-state index in [9.17, 15) is 4.79 Å². The van der Waals surface area contributed by atoms with Crippen LogP contribution in [0.4, 0.5) is 0 Å². The second-order valence-corrected chi connectivity index (χ2v) is 4.65. The van der Waals surface area contributed by atoms with Crippen molar-refractivity contribution in [3.63, 3.8) is 0 Å². The Hall–Kier alpha value is -0.570. The molecule has 0 radical (unpaired) electrons. The van der Waals surface area contributed by atoms with Crippen molar-refractivity contribution in [2.45, 2.75) is 39.2 Å². The third kappa shape index (κ3) is 2.71. The normalized spacial score (nSPS) is 25.9. The van der Waals surface area contributed by atoms with E-state index in [2.05, 4.69) is 13.8 Å². The van der Waals surface area contributed by atoms with Gasteiger partial charge in [-0.1, -0.05) is 0 Å². The Labute approximate surface area is 86.4 Å². The number of hydrogen-bond acceptors (Lipinski definition) is 2. The highest BCUT2D eigenvalue weighted by Gasteiger charge is 2.33. The first-order valence-electron chi connectivity index (χ1n) is 5.35. The molecule has 14 heavy (non-hydrogen) atoms. The van der Waals surface area contributed by atoms with Crippen LogP contribution < -0.4 is 0 Å². The molecular weight excluding hydrogens is 178 g/mol. The highest BCUT2D eigenvalue weighted by molar-refractivity contribution is 5.78. The number of carbonyl (C=O) groups excluding carboxylic acids is 1.